The van der Waals surface area contributed by atoms with Crippen molar-refractivity contribution in [2.45, 2.75) is 31.7 Å². The number of carboxylic acid groups (broad SMARTS) is 1. The molecule has 0 aromatic heterocycles. The Bertz CT molecular complexity index is 259. The van der Waals surface area contributed by atoms with Crippen molar-refractivity contribution in [2.75, 3.05) is 0 Å². The topological polar surface area (TPSA) is 66.4 Å². The van der Waals surface area contributed by atoms with Crippen molar-refractivity contribution in [3.8, 4) is 0 Å². The minimum absolute atomic E-state index is 0.481. The summed E-state index contributed by atoms with van der Waals surface area (Å²) < 4.78 is 24.7. The Morgan fingerprint density at radius 3 is 2.36 bits per heavy atom. The van der Waals surface area contributed by atoms with E-state index in [4.69, 9.17) is 5.11 Å². The van der Waals surface area contributed by atoms with Crippen molar-refractivity contribution in [3.63, 3.8) is 0 Å². The Morgan fingerprint density at radius 2 is 2.00 bits per heavy atom. The van der Waals surface area contributed by atoms with E-state index in [1.165, 1.54) is 6.92 Å². The van der Waals surface area contributed by atoms with E-state index in [2.05, 4.69) is 5.32 Å². The highest BCUT2D eigenvalue weighted by Gasteiger charge is 2.48. The Labute approximate surface area is 79.3 Å². The summed E-state index contributed by atoms with van der Waals surface area (Å²) in [7, 11) is 0. The molecule has 0 spiro atoms. The minimum atomic E-state index is -2.76. The lowest BCUT2D eigenvalue weighted by atomic mass is 9.80. The molecule has 1 saturated carbocycles. The van der Waals surface area contributed by atoms with Gasteiger partial charge in [-0.3, -0.25) is 9.59 Å². The molecule has 0 unspecified atom stereocenters. The van der Waals surface area contributed by atoms with Gasteiger partial charge in [-0.25, -0.2) is 8.78 Å². The number of rotatable bonds is 3. The van der Waals surface area contributed by atoms with E-state index in [1.807, 2.05) is 0 Å². The average Bonchev–Trinajstić information content (AvgIpc) is 1.99. The molecule has 1 atom stereocenters. The van der Waals surface area contributed by atoms with Gasteiger partial charge in [0.1, 0.15) is 6.04 Å². The number of halogens is 2. The molecule has 1 fully saturated rings. The normalized spacial score (nSPS) is 22.2. The predicted octanol–water partition coefficient (Wildman–Crippen LogP) is 0.621. The van der Waals surface area contributed by atoms with Crippen LogP contribution in [0.2, 0.25) is 0 Å². The highest BCUT2D eigenvalue weighted by Crippen LogP contribution is 2.42. The number of alkyl halides is 2. The summed E-state index contributed by atoms with van der Waals surface area (Å²) in [5.41, 5.74) is 0. The smallest absolute Gasteiger partial charge is 0.325 e. The van der Waals surface area contributed by atoms with Crippen LogP contribution in [-0.2, 0) is 9.59 Å². The first-order valence-corrected chi connectivity index (χ1v) is 4.23. The number of aliphatic carboxylic acids is 1. The summed E-state index contributed by atoms with van der Waals surface area (Å²) in [5, 5.41) is 10.6. The maximum Gasteiger partial charge on any atom is 0.325 e. The summed E-state index contributed by atoms with van der Waals surface area (Å²) in [6, 6.07) is -1.03. The molecule has 0 saturated heterocycles. The van der Waals surface area contributed by atoms with Crippen LogP contribution in [0, 0.1) is 5.92 Å². The SMILES string of the molecule is C[C@H](NC(=O)C1CC(F)(F)C1)C(=O)O. The van der Waals surface area contributed by atoms with Crippen LogP contribution in [0.3, 0.4) is 0 Å². The van der Waals surface area contributed by atoms with Gasteiger partial charge in [0.2, 0.25) is 11.8 Å². The molecule has 0 radical (unpaired) electrons. The summed E-state index contributed by atoms with van der Waals surface area (Å²) in [4.78, 5) is 21.4. The number of carbonyl (C=O) groups is 2. The van der Waals surface area contributed by atoms with E-state index in [0.717, 1.165) is 0 Å². The van der Waals surface area contributed by atoms with Crippen molar-refractivity contribution >= 4 is 11.9 Å². The van der Waals surface area contributed by atoms with Crippen LogP contribution in [0.25, 0.3) is 0 Å². The Hall–Kier alpha value is -1.20. The second-order valence-corrected chi connectivity index (χ2v) is 3.53. The molecule has 80 valence electrons. The molecular formula is C8H11F2NO3. The lowest BCUT2D eigenvalue weighted by molar-refractivity contribution is -0.153. The maximum absolute atomic E-state index is 12.3. The third kappa shape index (κ3) is 2.40. The summed E-state index contributed by atoms with van der Waals surface area (Å²) >= 11 is 0. The number of carbonyl (C=O) groups excluding carboxylic acids is 1. The summed E-state index contributed by atoms with van der Waals surface area (Å²) in [6.07, 6.45) is -0.962. The molecule has 0 bridgehead atoms. The van der Waals surface area contributed by atoms with E-state index >= 15 is 0 Å². The van der Waals surface area contributed by atoms with Gasteiger partial charge in [-0.2, -0.15) is 0 Å². The first kappa shape index (κ1) is 10.9. The van der Waals surface area contributed by atoms with Gasteiger partial charge in [0, 0.05) is 18.8 Å². The molecule has 1 rings (SSSR count). The van der Waals surface area contributed by atoms with Gasteiger partial charge in [0.05, 0.1) is 0 Å². The van der Waals surface area contributed by atoms with Crippen molar-refractivity contribution in [2.24, 2.45) is 5.92 Å². The Morgan fingerprint density at radius 1 is 1.50 bits per heavy atom. The second-order valence-electron chi connectivity index (χ2n) is 3.53. The van der Waals surface area contributed by atoms with Crippen molar-refractivity contribution in [1.29, 1.82) is 0 Å². The third-order valence-electron chi connectivity index (χ3n) is 2.19. The quantitative estimate of drug-likeness (QED) is 0.713. The molecule has 6 heteroatoms. The van der Waals surface area contributed by atoms with E-state index in [1.54, 1.807) is 0 Å². The first-order chi connectivity index (χ1) is 6.32. The molecule has 0 aliphatic heterocycles. The number of amides is 1. The van der Waals surface area contributed by atoms with Gasteiger partial charge in [0.15, 0.2) is 0 Å². The summed E-state index contributed by atoms with van der Waals surface area (Å²) in [5.74, 6) is -5.28. The number of nitrogens with one attached hydrogen (secondary N) is 1. The van der Waals surface area contributed by atoms with Crippen LogP contribution < -0.4 is 5.32 Å². The van der Waals surface area contributed by atoms with Crippen LogP contribution in [0.4, 0.5) is 8.78 Å². The minimum Gasteiger partial charge on any atom is -0.480 e. The van der Waals surface area contributed by atoms with Crippen LogP contribution in [0.15, 0.2) is 0 Å². The molecule has 1 aliphatic carbocycles. The molecule has 14 heavy (non-hydrogen) atoms. The van der Waals surface area contributed by atoms with Crippen LogP contribution in [0.1, 0.15) is 19.8 Å². The standard InChI is InChI=1S/C8H11F2NO3/c1-4(7(13)14)11-6(12)5-2-8(9,10)3-5/h4-5H,2-3H2,1H3,(H,11,12)(H,13,14)/t4-/m0/s1. The zero-order valence-electron chi connectivity index (χ0n) is 7.59. The third-order valence-corrected chi connectivity index (χ3v) is 2.19. The van der Waals surface area contributed by atoms with E-state index in [-0.39, 0.29) is 0 Å². The zero-order valence-corrected chi connectivity index (χ0v) is 7.59. The fourth-order valence-electron chi connectivity index (χ4n) is 1.24. The molecule has 1 amide bonds. The second kappa shape index (κ2) is 3.51. The summed E-state index contributed by atoms with van der Waals surface area (Å²) in [6.45, 7) is 1.29. The number of hydrogen-bond donors (Lipinski definition) is 2. The van der Waals surface area contributed by atoms with Gasteiger partial charge in [-0.1, -0.05) is 0 Å². The van der Waals surface area contributed by atoms with Crippen LogP contribution in [-0.4, -0.2) is 28.9 Å². The monoisotopic (exact) mass is 207 g/mol. The van der Waals surface area contributed by atoms with Gasteiger partial charge in [-0.05, 0) is 6.92 Å². The highest BCUT2D eigenvalue weighted by molar-refractivity contribution is 5.85. The van der Waals surface area contributed by atoms with Crippen LogP contribution in [0.5, 0.6) is 0 Å². The van der Waals surface area contributed by atoms with E-state index in [0.29, 0.717) is 0 Å². The lowest BCUT2D eigenvalue weighted by Gasteiger charge is -2.34. The first-order valence-electron chi connectivity index (χ1n) is 4.23. The molecule has 2 N–H and O–H groups in total. The van der Waals surface area contributed by atoms with Gasteiger partial charge >= 0.3 is 5.97 Å². The van der Waals surface area contributed by atoms with Crippen molar-refractivity contribution in [1.82, 2.24) is 5.32 Å². The number of hydrogen-bond acceptors (Lipinski definition) is 2. The number of carboxylic acids is 1. The largest absolute Gasteiger partial charge is 0.480 e. The van der Waals surface area contributed by atoms with Gasteiger partial charge in [0.25, 0.3) is 0 Å². The zero-order chi connectivity index (χ0) is 10.9. The molecule has 0 heterocycles. The molecule has 0 aromatic rings. The average molecular weight is 207 g/mol. The molecule has 1 aliphatic rings. The van der Waals surface area contributed by atoms with Gasteiger partial charge < -0.3 is 10.4 Å². The highest BCUT2D eigenvalue weighted by atomic mass is 19.3. The predicted molar refractivity (Wildman–Crippen MR) is 42.9 cm³/mol. The Kier molecular flexibility index (Phi) is 2.73. The van der Waals surface area contributed by atoms with Crippen molar-refractivity contribution < 1.29 is 23.5 Å². The van der Waals surface area contributed by atoms with E-state index < -0.39 is 42.6 Å². The molecule has 0 aromatic carbocycles. The molecule has 4 nitrogen and oxygen atoms in total. The fraction of sp³-hybridized carbons (Fsp3) is 0.750. The van der Waals surface area contributed by atoms with Crippen LogP contribution >= 0.6 is 0 Å². The Balaban J connectivity index is 2.34. The lowest BCUT2D eigenvalue weighted by Crippen LogP contribution is -2.48. The maximum atomic E-state index is 12.3. The van der Waals surface area contributed by atoms with Gasteiger partial charge in [-0.15, -0.1) is 0 Å². The van der Waals surface area contributed by atoms with Crippen molar-refractivity contribution in [3.05, 3.63) is 0 Å². The molecular weight excluding hydrogens is 196 g/mol. The fourth-order valence-corrected chi connectivity index (χ4v) is 1.24. The van der Waals surface area contributed by atoms with E-state index in [9.17, 15) is 18.4 Å².